The molecule has 0 unspecified atom stereocenters. The smallest absolute Gasteiger partial charge is 0.258 e. The number of carbonyl (C=O) groups is 1. The van der Waals surface area contributed by atoms with Crippen molar-refractivity contribution in [3.63, 3.8) is 0 Å². The van der Waals surface area contributed by atoms with Gasteiger partial charge in [0.1, 0.15) is 6.26 Å². The zero-order chi connectivity index (χ0) is 11.5. The Bertz CT molecular complexity index is 501. The molecule has 3 nitrogen and oxygen atoms in total. The molecule has 0 aliphatic rings. The molecule has 0 saturated heterocycles. The fourth-order valence-corrected chi connectivity index (χ4v) is 1.47. The van der Waals surface area contributed by atoms with E-state index in [9.17, 15) is 4.79 Å². The average Bonchev–Trinajstić information content (AvgIpc) is 2.78. The van der Waals surface area contributed by atoms with Gasteiger partial charge in [-0.2, -0.15) is 0 Å². The number of carbonyl (C=O) groups excluding carboxylic acids is 1. The van der Waals surface area contributed by atoms with Gasteiger partial charge in [0.05, 0.1) is 11.8 Å². The Hall–Kier alpha value is -2.03. The molecule has 0 spiro atoms. The summed E-state index contributed by atoms with van der Waals surface area (Å²) in [6.45, 7) is 4.00. The normalized spacial score (nSPS) is 10.1. The van der Waals surface area contributed by atoms with Gasteiger partial charge in [-0.25, -0.2) is 0 Å². The number of hydrogen-bond acceptors (Lipinski definition) is 2. The number of furan rings is 1. The monoisotopic (exact) mass is 215 g/mol. The first kappa shape index (κ1) is 10.5. The van der Waals surface area contributed by atoms with Crippen LogP contribution in [0.5, 0.6) is 0 Å². The fraction of sp³-hybridized carbons (Fsp3) is 0.154. The topological polar surface area (TPSA) is 42.2 Å². The van der Waals surface area contributed by atoms with Crippen molar-refractivity contribution >= 4 is 11.6 Å². The van der Waals surface area contributed by atoms with Gasteiger partial charge >= 0.3 is 0 Å². The third kappa shape index (κ3) is 1.98. The second kappa shape index (κ2) is 4.23. The van der Waals surface area contributed by atoms with Gasteiger partial charge in [0.15, 0.2) is 0 Å². The first-order chi connectivity index (χ1) is 7.68. The van der Waals surface area contributed by atoms with E-state index in [1.54, 1.807) is 6.07 Å². The molecular weight excluding hydrogens is 202 g/mol. The molecule has 1 heterocycles. The molecule has 1 aromatic carbocycles. The van der Waals surface area contributed by atoms with Crippen molar-refractivity contribution in [3.8, 4) is 0 Å². The second-order valence-electron chi connectivity index (χ2n) is 3.71. The van der Waals surface area contributed by atoms with E-state index in [0.717, 1.165) is 16.8 Å². The highest BCUT2D eigenvalue weighted by molar-refractivity contribution is 6.04. The van der Waals surface area contributed by atoms with E-state index < -0.39 is 0 Å². The minimum atomic E-state index is -0.151. The first-order valence-corrected chi connectivity index (χ1v) is 5.08. The zero-order valence-corrected chi connectivity index (χ0v) is 9.28. The Morgan fingerprint density at radius 3 is 2.75 bits per heavy atom. The standard InChI is InChI=1S/C13H13NO2/c1-9-4-3-5-12(10(9)2)14-13(15)11-6-7-16-8-11/h3-8H,1-2H3,(H,14,15). The van der Waals surface area contributed by atoms with E-state index in [-0.39, 0.29) is 5.91 Å². The minimum Gasteiger partial charge on any atom is -0.472 e. The lowest BCUT2D eigenvalue weighted by atomic mass is 10.1. The highest BCUT2D eigenvalue weighted by atomic mass is 16.3. The number of aryl methyl sites for hydroxylation is 1. The largest absolute Gasteiger partial charge is 0.472 e. The van der Waals surface area contributed by atoms with Crippen LogP contribution in [0.15, 0.2) is 41.2 Å². The summed E-state index contributed by atoms with van der Waals surface area (Å²) in [5, 5.41) is 2.85. The molecular formula is C13H13NO2. The molecule has 0 saturated carbocycles. The lowest BCUT2D eigenvalue weighted by Gasteiger charge is -2.09. The van der Waals surface area contributed by atoms with E-state index in [2.05, 4.69) is 5.32 Å². The molecule has 2 rings (SSSR count). The van der Waals surface area contributed by atoms with Gasteiger partial charge in [-0.05, 0) is 37.1 Å². The lowest BCUT2D eigenvalue weighted by Crippen LogP contribution is -2.12. The first-order valence-electron chi connectivity index (χ1n) is 5.08. The maximum atomic E-state index is 11.8. The van der Waals surface area contributed by atoms with Crippen LogP contribution in [-0.4, -0.2) is 5.91 Å². The van der Waals surface area contributed by atoms with E-state index >= 15 is 0 Å². The Morgan fingerprint density at radius 2 is 2.06 bits per heavy atom. The van der Waals surface area contributed by atoms with Crippen LogP contribution in [0, 0.1) is 13.8 Å². The molecule has 0 radical (unpaired) electrons. The van der Waals surface area contributed by atoms with Crippen LogP contribution in [-0.2, 0) is 0 Å². The van der Waals surface area contributed by atoms with Crippen molar-refractivity contribution in [1.29, 1.82) is 0 Å². The van der Waals surface area contributed by atoms with Crippen molar-refractivity contribution < 1.29 is 9.21 Å². The number of nitrogens with one attached hydrogen (secondary N) is 1. The summed E-state index contributed by atoms with van der Waals surface area (Å²) in [6.07, 6.45) is 2.92. The van der Waals surface area contributed by atoms with Crippen molar-refractivity contribution in [2.24, 2.45) is 0 Å². The maximum Gasteiger partial charge on any atom is 0.258 e. The Morgan fingerprint density at radius 1 is 1.25 bits per heavy atom. The third-order valence-corrected chi connectivity index (χ3v) is 2.64. The quantitative estimate of drug-likeness (QED) is 0.836. The number of benzene rings is 1. The van der Waals surface area contributed by atoms with E-state index in [4.69, 9.17) is 4.42 Å². The fourth-order valence-electron chi connectivity index (χ4n) is 1.47. The third-order valence-electron chi connectivity index (χ3n) is 2.64. The zero-order valence-electron chi connectivity index (χ0n) is 9.28. The summed E-state index contributed by atoms with van der Waals surface area (Å²) in [4.78, 5) is 11.8. The van der Waals surface area contributed by atoms with Crippen LogP contribution >= 0.6 is 0 Å². The van der Waals surface area contributed by atoms with E-state index in [1.807, 2.05) is 32.0 Å². The number of hydrogen-bond donors (Lipinski definition) is 1. The van der Waals surface area contributed by atoms with Crippen molar-refractivity contribution in [1.82, 2.24) is 0 Å². The van der Waals surface area contributed by atoms with Crippen LogP contribution < -0.4 is 5.32 Å². The van der Waals surface area contributed by atoms with Gasteiger partial charge in [0, 0.05) is 5.69 Å². The second-order valence-corrected chi connectivity index (χ2v) is 3.71. The van der Waals surface area contributed by atoms with Gasteiger partial charge in [-0.1, -0.05) is 12.1 Å². The van der Waals surface area contributed by atoms with Crippen molar-refractivity contribution in [2.75, 3.05) is 5.32 Å². The number of amides is 1. The van der Waals surface area contributed by atoms with E-state index in [1.165, 1.54) is 12.5 Å². The van der Waals surface area contributed by atoms with Gasteiger partial charge < -0.3 is 9.73 Å². The molecule has 1 amide bonds. The summed E-state index contributed by atoms with van der Waals surface area (Å²) in [5.74, 6) is -0.151. The molecule has 16 heavy (non-hydrogen) atoms. The minimum absolute atomic E-state index is 0.151. The van der Waals surface area contributed by atoms with Crippen molar-refractivity contribution in [3.05, 3.63) is 53.5 Å². The van der Waals surface area contributed by atoms with E-state index in [0.29, 0.717) is 5.56 Å². The van der Waals surface area contributed by atoms with Gasteiger partial charge in [0.25, 0.3) is 5.91 Å². The highest BCUT2D eigenvalue weighted by Gasteiger charge is 2.08. The summed E-state index contributed by atoms with van der Waals surface area (Å²) in [7, 11) is 0. The maximum absolute atomic E-state index is 11.8. The summed E-state index contributed by atoms with van der Waals surface area (Å²) in [5.41, 5.74) is 3.61. The van der Waals surface area contributed by atoms with Crippen molar-refractivity contribution in [2.45, 2.75) is 13.8 Å². The molecule has 82 valence electrons. The molecule has 0 aliphatic heterocycles. The van der Waals surface area contributed by atoms with Gasteiger partial charge in [0.2, 0.25) is 0 Å². The van der Waals surface area contributed by atoms with Crippen LogP contribution in [0.2, 0.25) is 0 Å². The van der Waals surface area contributed by atoms with Gasteiger partial charge in [-0.15, -0.1) is 0 Å². The SMILES string of the molecule is Cc1cccc(NC(=O)c2ccoc2)c1C. The summed E-state index contributed by atoms with van der Waals surface area (Å²) >= 11 is 0. The molecule has 0 atom stereocenters. The molecule has 0 bridgehead atoms. The lowest BCUT2D eigenvalue weighted by molar-refractivity contribution is 0.102. The molecule has 0 aliphatic carbocycles. The predicted molar refractivity (Wildman–Crippen MR) is 62.6 cm³/mol. The average molecular weight is 215 g/mol. The van der Waals surface area contributed by atoms with Gasteiger partial charge in [-0.3, -0.25) is 4.79 Å². The van der Waals surface area contributed by atoms with Crippen LogP contribution in [0.3, 0.4) is 0 Å². The molecule has 3 heteroatoms. The Balaban J connectivity index is 2.22. The molecule has 1 N–H and O–H groups in total. The molecule has 0 fully saturated rings. The summed E-state index contributed by atoms with van der Waals surface area (Å²) < 4.78 is 4.87. The van der Waals surface area contributed by atoms with Crippen LogP contribution in [0.25, 0.3) is 0 Å². The predicted octanol–water partition coefficient (Wildman–Crippen LogP) is 3.15. The highest BCUT2D eigenvalue weighted by Crippen LogP contribution is 2.18. The summed E-state index contributed by atoms with van der Waals surface area (Å²) in [6, 6.07) is 7.47. The number of anilines is 1. The molecule has 2 aromatic rings. The number of rotatable bonds is 2. The Labute approximate surface area is 94.1 Å². The van der Waals surface area contributed by atoms with Crippen LogP contribution in [0.4, 0.5) is 5.69 Å². The molecule has 1 aromatic heterocycles. The van der Waals surface area contributed by atoms with Crippen LogP contribution in [0.1, 0.15) is 21.5 Å². The Kier molecular flexibility index (Phi) is 2.77.